The molecule has 0 saturated carbocycles. The van der Waals surface area contributed by atoms with Gasteiger partial charge in [0.25, 0.3) is 5.78 Å². The van der Waals surface area contributed by atoms with Gasteiger partial charge in [0.05, 0.1) is 0 Å². The molecule has 0 fully saturated rings. The molecular formula is C3H4O4. The summed E-state index contributed by atoms with van der Waals surface area (Å²) >= 11 is 0. The fraction of sp³-hybridized carbons (Fsp3) is 0.333. The molecule has 40 valence electrons. The van der Waals surface area contributed by atoms with Crippen LogP contribution in [0.1, 0.15) is 0 Å². The zero-order valence-corrected chi connectivity index (χ0v) is 3.42. The molecule has 4 heteroatoms. The molecule has 0 unspecified atom stereocenters. The average Bonchev–Trinajstić information content (AvgIpc) is 1.65. The Morgan fingerprint density at radius 2 is 1.86 bits per heavy atom. The molecule has 0 atom stereocenters. The number of carbonyl (C=O) groups is 2. The highest BCUT2D eigenvalue weighted by atomic mass is 16.4. The third-order valence-corrected chi connectivity index (χ3v) is 0.382. The van der Waals surface area contributed by atoms with Crippen LogP contribution in [0.25, 0.3) is 0 Å². The summed E-state index contributed by atoms with van der Waals surface area (Å²) in [6.07, 6.45) is 0. The second kappa shape index (κ2) is 2.30. The molecular weight excluding hydrogens is 102 g/mol. The van der Waals surface area contributed by atoms with Crippen LogP contribution < -0.4 is 0 Å². The Morgan fingerprint density at radius 3 is 1.86 bits per heavy atom. The Hall–Kier alpha value is -0.900. The summed E-state index contributed by atoms with van der Waals surface area (Å²) in [6, 6.07) is 0. The van der Waals surface area contributed by atoms with E-state index in [1.807, 2.05) is 0 Å². The number of carbonyl (C=O) groups excluding carboxylic acids is 1. The van der Waals surface area contributed by atoms with Gasteiger partial charge in [0, 0.05) is 0 Å². The number of carboxylic acids is 1. The molecule has 0 saturated heterocycles. The normalized spacial score (nSPS) is 8.14. The molecule has 0 heterocycles. The van der Waals surface area contributed by atoms with Crippen LogP contribution >= 0.6 is 0 Å². The summed E-state index contributed by atoms with van der Waals surface area (Å²) in [5, 5.41) is 15.4. The third kappa shape index (κ3) is 1.88. The minimum absolute atomic E-state index is 0.921. The summed E-state index contributed by atoms with van der Waals surface area (Å²) in [7, 11) is 0. The summed E-state index contributed by atoms with van der Waals surface area (Å²) in [6.45, 7) is -0.921. The van der Waals surface area contributed by atoms with Crippen LogP contribution in [-0.2, 0) is 9.59 Å². The van der Waals surface area contributed by atoms with Crippen molar-refractivity contribution in [3.63, 3.8) is 0 Å². The molecule has 0 radical (unpaired) electrons. The molecule has 0 aromatic heterocycles. The van der Waals surface area contributed by atoms with Gasteiger partial charge < -0.3 is 10.2 Å². The van der Waals surface area contributed by atoms with Gasteiger partial charge >= 0.3 is 5.97 Å². The van der Waals surface area contributed by atoms with Gasteiger partial charge in [0.2, 0.25) is 0 Å². The van der Waals surface area contributed by atoms with Crippen molar-refractivity contribution in [2.45, 2.75) is 0 Å². The molecule has 7 heavy (non-hydrogen) atoms. The van der Waals surface area contributed by atoms with E-state index in [2.05, 4.69) is 0 Å². The maximum Gasteiger partial charge on any atom is 0.374 e. The Balaban J connectivity index is 3.58. The van der Waals surface area contributed by atoms with E-state index in [-0.39, 0.29) is 0 Å². The van der Waals surface area contributed by atoms with Crippen molar-refractivity contribution in [3.8, 4) is 0 Å². The monoisotopic (exact) mass is 106 g/mol. The summed E-state index contributed by atoms with van der Waals surface area (Å²) in [5.41, 5.74) is 0. The first kappa shape index (κ1) is 6.10. The Labute approximate surface area is 39.4 Å². The zero-order valence-electron chi connectivity index (χ0n) is 3.42. The van der Waals surface area contributed by atoms with E-state index >= 15 is 0 Å². The minimum atomic E-state index is -1.59. The number of carboxylic acid groups (broad SMARTS) is 1. The molecule has 4 nitrogen and oxygen atoms in total. The zero-order chi connectivity index (χ0) is 5.86. The van der Waals surface area contributed by atoms with Crippen molar-refractivity contribution >= 4 is 11.8 Å². The molecule has 2 N–H and O–H groups in total. The van der Waals surface area contributed by atoms with E-state index in [1.54, 1.807) is 0 Å². The summed E-state index contributed by atoms with van der Waals surface area (Å²) < 4.78 is 0. The van der Waals surface area contributed by atoms with Gasteiger partial charge in [-0.1, -0.05) is 0 Å². The van der Waals surface area contributed by atoms with Crippen LogP contribution in [0.4, 0.5) is 0 Å². The lowest BCUT2D eigenvalue weighted by molar-refractivity contribution is -0.150. The molecule has 0 rings (SSSR count). The predicted octanol–water partition coefficient (Wildman–Crippen LogP) is -1.37. The average molecular weight is 106 g/mol. The first-order valence-corrected chi connectivity index (χ1v) is 1.55. The number of aliphatic hydroxyl groups excluding tert-OH is 1. The highest BCUT2D eigenvalue weighted by Crippen LogP contribution is 1.65. The lowest BCUT2D eigenvalue weighted by atomic mass is 11.0. The van der Waals surface area contributed by atoms with Gasteiger partial charge in [0.1, 0.15) is 6.61 Å². The first-order chi connectivity index (χ1) is 3.18. The number of hydrogen-bond donors (Lipinski definition) is 2. The molecule has 0 aromatic rings. The highest BCUT2D eigenvalue weighted by molar-refractivity contribution is 6.33. The molecule has 0 aliphatic heterocycles. The SMILES string of the molecule is O=C(O)[13C](=O)[13CH2]O. The van der Waals surface area contributed by atoms with E-state index in [0.717, 1.165) is 0 Å². The largest absolute Gasteiger partial charge is 0.475 e. The number of rotatable bonds is 2. The smallest absolute Gasteiger partial charge is 0.374 e. The van der Waals surface area contributed by atoms with E-state index in [1.165, 1.54) is 0 Å². The minimum Gasteiger partial charge on any atom is -0.475 e. The van der Waals surface area contributed by atoms with Crippen LogP contribution in [0.15, 0.2) is 0 Å². The topological polar surface area (TPSA) is 74.6 Å². The van der Waals surface area contributed by atoms with Crippen LogP contribution in [0.2, 0.25) is 0 Å². The van der Waals surface area contributed by atoms with E-state index in [9.17, 15) is 9.59 Å². The second-order valence-electron chi connectivity index (χ2n) is 0.886. The maximum absolute atomic E-state index is 9.66. The van der Waals surface area contributed by atoms with Crippen molar-refractivity contribution < 1.29 is 19.8 Å². The van der Waals surface area contributed by atoms with Gasteiger partial charge in [-0.25, -0.2) is 4.79 Å². The van der Waals surface area contributed by atoms with Gasteiger partial charge in [-0.2, -0.15) is 0 Å². The maximum atomic E-state index is 9.66. The first-order valence-electron chi connectivity index (χ1n) is 1.55. The van der Waals surface area contributed by atoms with Gasteiger partial charge in [-0.15, -0.1) is 0 Å². The van der Waals surface area contributed by atoms with Gasteiger partial charge in [-0.3, -0.25) is 4.79 Å². The van der Waals surface area contributed by atoms with Gasteiger partial charge in [0.15, 0.2) is 0 Å². The number of aliphatic hydroxyl groups is 1. The van der Waals surface area contributed by atoms with Crippen LogP contribution in [0, 0.1) is 0 Å². The van der Waals surface area contributed by atoms with Crippen LogP contribution in [0.5, 0.6) is 0 Å². The second-order valence-corrected chi connectivity index (χ2v) is 0.886. The highest BCUT2D eigenvalue weighted by Gasteiger charge is 2.06. The van der Waals surface area contributed by atoms with Gasteiger partial charge in [-0.05, 0) is 0 Å². The number of aliphatic carboxylic acids is 1. The van der Waals surface area contributed by atoms with Crippen LogP contribution in [0.3, 0.4) is 0 Å². The standard InChI is InChI=1S/C3H4O4/c4-1-2(5)3(6)7/h4H,1H2,(H,6,7)/i1+1,2+1. The van der Waals surface area contributed by atoms with Crippen molar-refractivity contribution in [2.75, 3.05) is 6.61 Å². The number of hydrogen-bond acceptors (Lipinski definition) is 3. The molecule has 0 aliphatic carbocycles. The van der Waals surface area contributed by atoms with Crippen molar-refractivity contribution in [2.24, 2.45) is 0 Å². The Kier molecular flexibility index (Phi) is 2.01. The van der Waals surface area contributed by atoms with Crippen molar-refractivity contribution in [1.29, 1.82) is 0 Å². The molecule has 0 spiro atoms. The fourth-order valence-electron chi connectivity index (χ4n) is 0.0676. The van der Waals surface area contributed by atoms with Crippen molar-refractivity contribution in [3.05, 3.63) is 0 Å². The Morgan fingerprint density at radius 1 is 1.43 bits per heavy atom. The molecule has 0 bridgehead atoms. The van der Waals surface area contributed by atoms with Crippen molar-refractivity contribution in [1.82, 2.24) is 0 Å². The third-order valence-electron chi connectivity index (χ3n) is 0.382. The number of ketones is 1. The molecule has 0 aromatic carbocycles. The fourth-order valence-corrected chi connectivity index (χ4v) is 0.0676. The summed E-state index contributed by atoms with van der Waals surface area (Å²) in [4.78, 5) is 19.1. The lowest BCUT2D eigenvalue weighted by Gasteiger charge is -1.80. The molecule has 0 aliphatic rings. The summed E-state index contributed by atoms with van der Waals surface area (Å²) in [5.74, 6) is -2.78. The van der Waals surface area contributed by atoms with Crippen LogP contribution in [-0.4, -0.2) is 28.6 Å². The quantitative estimate of drug-likeness (QED) is 0.336. The number of Topliss-reactive ketones (excluding diaryl/α,β-unsaturated/α-hetero) is 1. The Bertz CT molecular complexity index is 95.1. The molecule has 0 amide bonds. The predicted molar refractivity (Wildman–Crippen MR) is 19.7 cm³/mol. The van der Waals surface area contributed by atoms with E-state index in [0.29, 0.717) is 0 Å². The van der Waals surface area contributed by atoms with E-state index in [4.69, 9.17) is 10.2 Å². The lowest BCUT2D eigenvalue weighted by Crippen LogP contribution is -2.15. The van der Waals surface area contributed by atoms with E-state index < -0.39 is 18.4 Å².